The SMILES string of the molecule is CCOC(=O)c1nc(CSc2nnnn2CC(=O)O)cs1. The molecular formula is C10H11N5O4S2. The minimum atomic E-state index is -1.03. The molecule has 0 spiro atoms. The molecule has 0 aliphatic carbocycles. The third kappa shape index (κ3) is 4.23. The molecule has 0 bridgehead atoms. The van der Waals surface area contributed by atoms with Crippen LogP contribution >= 0.6 is 23.1 Å². The maximum absolute atomic E-state index is 11.5. The quantitative estimate of drug-likeness (QED) is 0.577. The van der Waals surface area contributed by atoms with Crippen LogP contribution in [0.5, 0.6) is 0 Å². The minimum Gasteiger partial charge on any atom is -0.480 e. The Morgan fingerprint density at radius 3 is 3.05 bits per heavy atom. The number of carboxylic acids is 1. The molecule has 0 saturated heterocycles. The molecule has 0 aliphatic heterocycles. The van der Waals surface area contributed by atoms with E-state index >= 15 is 0 Å². The fourth-order valence-corrected chi connectivity index (χ4v) is 2.91. The number of aliphatic carboxylic acids is 1. The fourth-order valence-electron chi connectivity index (χ4n) is 1.33. The Labute approximate surface area is 127 Å². The minimum absolute atomic E-state index is 0.289. The number of carboxylic acid groups (broad SMARTS) is 1. The van der Waals surface area contributed by atoms with Crippen LogP contribution in [0.3, 0.4) is 0 Å². The lowest BCUT2D eigenvalue weighted by atomic mass is 10.6. The van der Waals surface area contributed by atoms with Gasteiger partial charge in [0.05, 0.1) is 12.3 Å². The Balaban J connectivity index is 1.96. The summed E-state index contributed by atoms with van der Waals surface area (Å²) in [6.45, 7) is 1.72. The van der Waals surface area contributed by atoms with E-state index in [1.807, 2.05) is 0 Å². The monoisotopic (exact) mass is 329 g/mol. The van der Waals surface area contributed by atoms with Crippen molar-refractivity contribution in [2.75, 3.05) is 6.61 Å². The average Bonchev–Trinajstić information content (AvgIpc) is 3.05. The van der Waals surface area contributed by atoms with Crippen molar-refractivity contribution in [2.45, 2.75) is 24.4 Å². The molecule has 0 aromatic carbocycles. The van der Waals surface area contributed by atoms with Gasteiger partial charge in [0.15, 0.2) is 0 Å². The van der Waals surface area contributed by atoms with Crippen LogP contribution in [0.4, 0.5) is 0 Å². The van der Waals surface area contributed by atoms with Crippen molar-refractivity contribution >= 4 is 35.0 Å². The number of hydrogen-bond donors (Lipinski definition) is 1. The van der Waals surface area contributed by atoms with Gasteiger partial charge in [-0.25, -0.2) is 14.5 Å². The summed E-state index contributed by atoms with van der Waals surface area (Å²) in [5.41, 5.74) is 0.679. The van der Waals surface area contributed by atoms with E-state index < -0.39 is 11.9 Å². The van der Waals surface area contributed by atoms with Crippen LogP contribution in [0.1, 0.15) is 22.4 Å². The van der Waals surface area contributed by atoms with E-state index in [9.17, 15) is 9.59 Å². The molecule has 0 radical (unpaired) electrons. The summed E-state index contributed by atoms with van der Waals surface area (Å²) in [6, 6.07) is 0. The number of tetrazole rings is 1. The first-order valence-electron chi connectivity index (χ1n) is 5.82. The number of carbonyl (C=O) groups excluding carboxylic acids is 1. The van der Waals surface area contributed by atoms with Crippen molar-refractivity contribution in [1.82, 2.24) is 25.2 Å². The van der Waals surface area contributed by atoms with Crippen molar-refractivity contribution < 1.29 is 19.4 Å². The zero-order valence-corrected chi connectivity index (χ0v) is 12.6. The van der Waals surface area contributed by atoms with Gasteiger partial charge in [0.1, 0.15) is 6.54 Å². The third-order valence-corrected chi connectivity index (χ3v) is 4.00. The molecule has 9 nitrogen and oxygen atoms in total. The van der Waals surface area contributed by atoms with Crippen LogP contribution in [-0.4, -0.2) is 48.8 Å². The molecule has 0 saturated carbocycles. The molecule has 1 N–H and O–H groups in total. The molecule has 21 heavy (non-hydrogen) atoms. The Morgan fingerprint density at radius 1 is 1.52 bits per heavy atom. The van der Waals surface area contributed by atoms with Gasteiger partial charge in [-0.2, -0.15) is 0 Å². The molecule has 0 fully saturated rings. The average molecular weight is 329 g/mol. The highest BCUT2D eigenvalue weighted by Gasteiger charge is 2.14. The number of hydrogen-bond acceptors (Lipinski definition) is 9. The van der Waals surface area contributed by atoms with Crippen LogP contribution in [0.15, 0.2) is 10.5 Å². The predicted molar refractivity (Wildman–Crippen MR) is 73.1 cm³/mol. The van der Waals surface area contributed by atoms with Crippen molar-refractivity contribution in [3.63, 3.8) is 0 Å². The Morgan fingerprint density at radius 2 is 2.33 bits per heavy atom. The summed E-state index contributed by atoms with van der Waals surface area (Å²) in [4.78, 5) is 26.3. The van der Waals surface area contributed by atoms with Gasteiger partial charge in [0.25, 0.3) is 0 Å². The first-order valence-corrected chi connectivity index (χ1v) is 7.69. The number of thioether (sulfide) groups is 1. The van der Waals surface area contributed by atoms with Gasteiger partial charge in [0, 0.05) is 11.1 Å². The van der Waals surface area contributed by atoms with Crippen LogP contribution in [0.2, 0.25) is 0 Å². The standard InChI is InChI=1S/C10H11N5O4S2/c1-2-19-9(18)8-11-6(4-20-8)5-21-10-12-13-14-15(10)3-7(16)17/h4H,2-3,5H2,1H3,(H,16,17). The molecule has 0 atom stereocenters. The van der Waals surface area contributed by atoms with E-state index in [-0.39, 0.29) is 11.6 Å². The van der Waals surface area contributed by atoms with Gasteiger partial charge in [0.2, 0.25) is 10.2 Å². The van der Waals surface area contributed by atoms with Crippen LogP contribution in [0, 0.1) is 0 Å². The summed E-state index contributed by atoms with van der Waals surface area (Å²) in [6.07, 6.45) is 0. The van der Waals surface area contributed by atoms with Crippen LogP contribution in [-0.2, 0) is 21.8 Å². The second kappa shape index (κ2) is 7.13. The third-order valence-electron chi connectivity index (χ3n) is 2.14. The van der Waals surface area contributed by atoms with E-state index in [2.05, 4.69) is 20.5 Å². The highest BCUT2D eigenvalue weighted by molar-refractivity contribution is 7.98. The van der Waals surface area contributed by atoms with Gasteiger partial charge in [-0.3, -0.25) is 4.79 Å². The molecule has 2 heterocycles. The summed E-state index contributed by atoms with van der Waals surface area (Å²) in [7, 11) is 0. The van der Waals surface area contributed by atoms with E-state index in [4.69, 9.17) is 9.84 Å². The molecule has 2 rings (SSSR count). The molecule has 2 aromatic rings. The molecule has 11 heteroatoms. The van der Waals surface area contributed by atoms with E-state index in [1.54, 1.807) is 12.3 Å². The summed E-state index contributed by atoms with van der Waals surface area (Å²) in [5, 5.41) is 21.9. The molecule has 0 amide bonds. The Kier molecular flexibility index (Phi) is 5.22. The highest BCUT2D eigenvalue weighted by atomic mass is 32.2. The zero-order valence-electron chi connectivity index (χ0n) is 10.9. The van der Waals surface area contributed by atoms with Crippen LogP contribution in [0.25, 0.3) is 0 Å². The van der Waals surface area contributed by atoms with Gasteiger partial charge >= 0.3 is 11.9 Å². The highest BCUT2D eigenvalue weighted by Crippen LogP contribution is 2.21. The normalized spacial score (nSPS) is 10.5. The molecule has 112 valence electrons. The predicted octanol–water partition coefficient (Wildman–Crippen LogP) is 0.683. The maximum atomic E-state index is 11.5. The maximum Gasteiger partial charge on any atom is 0.367 e. The number of aromatic nitrogens is 5. The van der Waals surface area contributed by atoms with E-state index in [0.29, 0.717) is 23.2 Å². The number of ether oxygens (including phenoxy) is 1. The Hall–Kier alpha value is -2.01. The van der Waals surface area contributed by atoms with E-state index in [1.165, 1.54) is 27.8 Å². The smallest absolute Gasteiger partial charge is 0.367 e. The second-order valence-electron chi connectivity index (χ2n) is 3.67. The van der Waals surface area contributed by atoms with E-state index in [0.717, 1.165) is 0 Å². The van der Waals surface area contributed by atoms with Crippen molar-refractivity contribution in [2.24, 2.45) is 0 Å². The summed E-state index contributed by atoms with van der Waals surface area (Å²) < 4.78 is 6.04. The lowest BCUT2D eigenvalue weighted by Crippen LogP contribution is -2.11. The largest absolute Gasteiger partial charge is 0.480 e. The van der Waals surface area contributed by atoms with Gasteiger partial charge in [-0.1, -0.05) is 11.8 Å². The lowest BCUT2D eigenvalue weighted by molar-refractivity contribution is -0.138. The number of thiazole rings is 1. The zero-order chi connectivity index (χ0) is 15.2. The first kappa shape index (κ1) is 15.4. The van der Waals surface area contributed by atoms with Gasteiger partial charge < -0.3 is 9.84 Å². The van der Waals surface area contributed by atoms with Crippen molar-refractivity contribution in [3.05, 3.63) is 16.1 Å². The molecule has 2 aromatic heterocycles. The number of rotatable bonds is 7. The fraction of sp³-hybridized carbons (Fsp3) is 0.400. The summed E-state index contributed by atoms with van der Waals surface area (Å²) >= 11 is 2.44. The molecule has 0 aliphatic rings. The summed E-state index contributed by atoms with van der Waals surface area (Å²) in [5.74, 6) is -1.05. The number of esters is 1. The van der Waals surface area contributed by atoms with Crippen molar-refractivity contribution in [1.29, 1.82) is 0 Å². The van der Waals surface area contributed by atoms with Gasteiger partial charge in [-0.15, -0.1) is 16.4 Å². The molecule has 0 unspecified atom stereocenters. The van der Waals surface area contributed by atoms with Crippen molar-refractivity contribution in [3.8, 4) is 0 Å². The number of carbonyl (C=O) groups is 2. The lowest BCUT2D eigenvalue weighted by Gasteiger charge is -1.99. The Bertz CT molecular complexity index is 641. The van der Waals surface area contributed by atoms with Crippen LogP contribution < -0.4 is 0 Å². The van der Waals surface area contributed by atoms with Gasteiger partial charge in [-0.05, 0) is 17.4 Å². The topological polar surface area (TPSA) is 120 Å². The first-order chi connectivity index (χ1) is 10.1. The second-order valence-corrected chi connectivity index (χ2v) is 5.47. The number of nitrogens with zero attached hydrogens (tertiary/aromatic N) is 5. The molecular weight excluding hydrogens is 318 g/mol.